The van der Waals surface area contributed by atoms with Crippen molar-refractivity contribution in [1.82, 2.24) is 4.90 Å². The van der Waals surface area contributed by atoms with Crippen LogP contribution >= 0.6 is 0 Å². The van der Waals surface area contributed by atoms with Crippen LogP contribution in [0.2, 0.25) is 0 Å². The van der Waals surface area contributed by atoms with Crippen LogP contribution in [0.3, 0.4) is 0 Å². The quantitative estimate of drug-likeness (QED) is 0.812. The highest BCUT2D eigenvalue weighted by Crippen LogP contribution is 2.32. The van der Waals surface area contributed by atoms with E-state index in [1.54, 1.807) is 0 Å². The second kappa shape index (κ2) is 6.91. The Labute approximate surface area is 113 Å². The van der Waals surface area contributed by atoms with Gasteiger partial charge in [0.05, 0.1) is 0 Å². The SMILES string of the molecule is CCCC1CCC(N)C(N(C)CC2CCCC2)C1. The summed E-state index contributed by atoms with van der Waals surface area (Å²) in [5.41, 5.74) is 6.37. The topological polar surface area (TPSA) is 29.3 Å². The molecule has 0 heterocycles. The summed E-state index contributed by atoms with van der Waals surface area (Å²) in [6.07, 6.45) is 12.5. The summed E-state index contributed by atoms with van der Waals surface area (Å²) in [7, 11) is 2.32. The Morgan fingerprint density at radius 1 is 1.06 bits per heavy atom. The highest BCUT2D eigenvalue weighted by molar-refractivity contribution is 4.89. The van der Waals surface area contributed by atoms with Crippen molar-refractivity contribution in [3.8, 4) is 0 Å². The fraction of sp³-hybridized carbons (Fsp3) is 1.00. The first-order valence-electron chi connectivity index (χ1n) is 8.16. The van der Waals surface area contributed by atoms with E-state index in [4.69, 9.17) is 5.73 Å². The lowest BCUT2D eigenvalue weighted by Crippen LogP contribution is -2.50. The van der Waals surface area contributed by atoms with Crippen molar-refractivity contribution < 1.29 is 0 Å². The molecule has 0 aromatic heterocycles. The third-order valence-electron chi connectivity index (χ3n) is 5.26. The van der Waals surface area contributed by atoms with E-state index < -0.39 is 0 Å². The maximum Gasteiger partial charge on any atom is 0.0246 e. The van der Waals surface area contributed by atoms with Crippen LogP contribution in [0.4, 0.5) is 0 Å². The molecule has 0 aromatic carbocycles. The van der Waals surface area contributed by atoms with E-state index in [0.29, 0.717) is 12.1 Å². The first-order valence-corrected chi connectivity index (χ1v) is 8.16. The summed E-state index contributed by atoms with van der Waals surface area (Å²) in [4.78, 5) is 2.60. The van der Waals surface area contributed by atoms with Gasteiger partial charge in [-0.2, -0.15) is 0 Å². The molecule has 2 saturated carbocycles. The number of hydrogen-bond acceptors (Lipinski definition) is 2. The summed E-state index contributed by atoms with van der Waals surface area (Å²) in [5, 5.41) is 0. The summed E-state index contributed by atoms with van der Waals surface area (Å²) in [6.45, 7) is 3.60. The van der Waals surface area contributed by atoms with Crippen LogP contribution in [-0.4, -0.2) is 30.6 Å². The maximum atomic E-state index is 6.37. The van der Waals surface area contributed by atoms with Gasteiger partial charge in [0, 0.05) is 18.6 Å². The molecule has 2 aliphatic carbocycles. The Morgan fingerprint density at radius 2 is 1.78 bits per heavy atom. The molecule has 0 saturated heterocycles. The normalized spacial score (nSPS) is 34.3. The number of likely N-dealkylation sites (N-methyl/N-ethyl adjacent to an activating group) is 1. The number of hydrogen-bond donors (Lipinski definition) is 1. The third-order valence-corrected chi connectivity index (χ3v) is 5.26. The summed E-state index contributed by atoms with van der Waals surface area (Å²) >= 11 is 0. The zero-order valence-electron chi connectivity index (χ0n) is 12.4. The lowest BCUT2D eigenvalue weighted by Gasteiger charge is -2.40. The van der Waals surface area contributed by atoms with Gasteiger partial charge in [-0.15, -0.1) is 0 Å². The van der Waals surface area contributed by atoms with Gasteiger partial charge < -0.3 is 10.6 Å². The molecule has 2 rings (SSSR count). The van der Waals surface area contributed by atoms with E-state index >= 15 is 0 Å². The summed E-state index contributed by atoms with van der Waals surface area (Å²) < 4.78 is 0. The molecular formula is C16H32N2. The monoisotopic (exact) mass is 252 g/mol. The van der Waals surface area contributed by atoms with Crippen LogP contribution in [0.25, 0.3) is 0 Å². The van der Waals surface area contributed by atoms with Gasteiger partial charge in [-0.3, -0.25) is 0 Å². The van der Waals surface area contributed by atoms with Gasteiger partial charge in [0.1, 0.15) is 0 Å². The average Bonchev–Trinajstić information content (AvgIpc) is 2.84. The highest BCUT2D eigenvalue weighted by Gasteiger charge is 2.31. The minimum absolute atomic E-state index is 0.421. The Kier molecular flexibility index (Phi) is 5.50. The van der Waals surface area contributed by atoms with Gasteiger partial charge >= 0.3 is 0 Å². The van der Waals surface area contributed by atoms with Gasteiger partial charge in [-0.05, 0) is 51.0 Å². The molecule has 106 valence electrons. The average molecular weight is 252 g/mol. The number of rotatable bonds is 5. The molecule has 0 amide bonds. The van der Waals surface area contributed by atoms with Gasteiger partial charge in [0.15, 0.2) is 0 Å². The Morgan fingerprint density at radius 3 is 2.44 bits per heavy atom. The summed E-state index contributed by atoms with van der Waals surface area (Å²) in [6, 6.07) is 1.07. The van der Waals surface area contributed by atoms with Crippen molar-refractivity contribution in [1.29, 1.82) is 0 Å². The highest BCUT2D eigenvalue weighted by atomic mass is 15.1. The van der Waals surface area contributed by atoms with Gasteiger partial charge in [-0.1, -0.05) is 32.6 Å². The molecule has 2 aliphatic rings. The van der Waals surface area contributed by atoms with Crippen molar-refractivity contribution in [2.45, 2.75) is 76.8 Å². The molecule has 0 aliphatic heterocycles. The molecule has 2 N–H and O–H groups in total. The second-order valence-corrected chi connectivity index (χ2v) is 6.79. The first kappa shape index (κ1) is 14.3. The molecule has 0 spiro atoms. The predicted molar refractivity (Wildman–Crippen MR) is 78.6 cm³/mol. The van der Waals surface area contributed by atoms with Crippen molar-refractivity contribution >= 4 is 0 Å². The molecule has 2 nitrogen and oxygen atoms in total. The molecule has 0 radical (unpaired) electrons. The van der Waals surface area contributed by atoms with Gasteiger partial charge in [0.2, 0.25) is 0 Å². The molecule has 0 bridgehead atoms. The Balaban J connectivity index is 1.83. The second-order valence-electron chi connectivity index (χ2n) is 6.79. The van der Waals surface area contributed by atoms with Crippen LogP contribution in [0.1, 0.15) is 64.7 Å². The standard InChI is InChI=1S/C16H32N2/c1-3-6-13-9-10-15(17)16(11-13)18(2)12-14-7-4-5-8-14/h13-16H,3-12,17H2,1-2H3. The van der Waals surface area contributed by atoms with Gasteiger partial charge in [-0.25, -0.2) is 0 Å². The number of nitrogens with zero attached hydrogens (tertiary/aromatic N) is 1. The third kappa shape index (κ3) is 3.71. The minimum Gasteiger partial charge on any atom is -0.326 e. The van der Waals surface area contributed by atoms with Crippen molar-refractivity contribution in [2.75, 3.05) is 13.6 Å². The number of nitrogens with two attached hydrogens (primary N) is 1. The lowest BCUT2D eigenvalue weighted by atomic mass is 9.80. The van der Waals surface area contributed by atoms with Crippen LogP contribution in [0.5, 0.6) is 0 Å². The van der Waals surface area contributed by atoms with E-state index in [1.165, 1.54) is 64.3 Å². The molecule has 3 atom stereocenters. The van der Waals surface area contributed by atoms with Crippen molar-refractivity contribution in [3.63, 3.8) is 0 Å². The van der Waals surface area contributed by atoms with Crippen LogP contribution < -0.4 is 5.73 Å². The Bertz CT molecular complexity index is 235. The molecular weight excluding hydrogens is 220 g/mol. The molecule has 0 aromatic rings. The molecule has 2 fully saturated rings. The van der Waals surface area contributed by atoms with E-state index in [-0.39, 0.29) is 0 Å². The fourth-order valence-corrected chi connectivity index (χ4v) is 4.17. The largest absolute Gasteiger partial charge is 0.326 e. The minimum atomic E-state index is 0.421. The molecule has 3 unspecified atom stereocenters. The smallest absolute Gasteiger partial charge is 0.0246 e. The summed E-state index contributed by atoms with van der Waals surface area (Å²) in [5.74, 6) is 1.89. The predicted octanol–water partition coefficient (Wildman–Crippen LogP) is 3.40. The zero-order chi connectivity index (χ0) is 13.0. The van der Waals surface area contributed by atoms with E-state index in [9.17, 15) is 0 Å². The first-order chi connectivity index (χ1) is 8.70. The van der Waals surface area contributed by atoms with E-state index in [2.05, 4.69) is 18.9 Å². The van der Waals surface area contributed by atoms with Crippen LogP contribution in [-0.2, 0) is 0 Å². The maximum absolute atomic E-state index is 6.37. The van der Waals surface area contributed by atoms with E-state index in [0.717, 1.165) is 11.8 Å². The van der Waals surface area contributed by atoms with Crippen molar-refractivity contribution in [2.24, 2.45) is 17.6 Å². The Hall–Kier alpha value is -0.0800. The fourth-order valence-electron chi connectivity index (χ4n) is 4.17. The lowest BCUT2D eigenvalue weighted by molar-refractivity contribution is 0.118. The molecule has 2 heteroatoms. The van der Waals surface area contributed by atoms with Crippen LogP contribution in [0, 0.1) is 11.8 Å². The van der Waals surface area contributed by atoms with E-state index in [1.807, 2.05) is 0 Å². The molecule has 18 heavy (non-hydrogen) atoms. The van der Waals surface area contributed by atoms with Crippen LogP contribution in [0.15, 0.2) is 0 Å². The zero-order valence-corrected chi connectivity index (χ0v) is 12.4. The van der Waals surface area contributed by atoms with Crippen molar-refractivity contribution in [3.05, 3.63) is 0 Å². The van der Waals surface area contributed by atoms with Gasteiger partial charge in [0.25, 0.3) is 0 Å².